The van der Waals surface area contributed by atoms with Crippen molar-refractivity contribution in [3.05, 3.63) is 75.7 Å². The van der Waals surface area contributed by atoms with Gasteiger partial charge in [0.15, 0.2) is 10.7 Å². The van der Waals surface area contributed by atoms with Crippen molar-refractivity contribution in [3.8, 4) is 23.0 Å². The lowest BCUT2D eigenvalue weighted by Crippen LogP contribution is -2.26. The first kappa shape index (κ1) is 19.7. The molecule has 0 spiro atoms. The van der Waals surface area contributed by atoms with Crippen LogP contribution in [0.3, 0.4) is 0 Å². The van der Waals surface area contributed by atoms with Crippen LogP contribution in [0.5, 0.6) is 0 Å². The maximum Gasteiger partial charge on any atom is 0.407 e. The number of ether oxygens (including phenoxy) is 1. The number of aromatic nitrogens is 1. The van der Waals surface area contributed by atoms with E-state index >= 15 is 0 Å². The molecule has 0 aliphatic heterocycles. The van der Waals surface area contributed by atoms with Crippen LogP contribution in [0, 0.1) is 11.8 Å². The lowest BCUT2D eigenvalue weighted by molar-refractivity contribution is 0.0691. The largest absolute Gasteiger partial charge is 0.476 e. The maximum absolute atomic E-state index is 12.1. The molecule has 0 radical (unpaired) electrons. The highest BCUT2D eigenvalue weighted by Gasteiger charge is 2.28. The van der Waals surface area contributed by atoms with Crippen molar-refractivity contribution in [2.45, 2.75) is 12.3 Å². The highest BCUT2D eigenvalue weighted by molar-refractivity contribution is 7.10. The van der Waals surface area contributed by atoms with Crippen LogP contribution in [-0.4, -0.2) is 35.3 Å². The van der Waals surface area contributed by atoms with E-state index in [4.69, 9.17) is 9.84 Å². The van der Waals surface area contributed by atoms with Crippen molar-refractivity contribution in [1.82, 2.24) is 10.3 Å². The van der Waals surface area contributed by atoms with E-state index in [1.54, 1.807) is 0 Å². The summed E-state index contributed by atoms with van der Waals surface area (Å²) < 4.78 is 5.46. The molecule has 30 heavy (non-hydrogen) atoms. The smallest absolute Gasteiger partial charge is 0.407 e. The molecular weight excluding hydrogens is 400 g/mol. The van der Waals surface area contributed by atoms with Gasteiger partial charge in [0.2, 0.25) is 0 Å². The van der Waals surface area contributed by atoms with Crippen molar-refractivity contribution in [3.63, 3.8) is 0 Å². The van der Waals surface area contributed by atoms with Crippen LogP contribution >= 0.6 is 11.3 Å². The summed E-state index contributed by atoms with van der Waals surface area (Å²) >= 11 is 1.18. The van der Waals surface area contributed by atoms with Gasteiger partial charge in [-0.15, -0.1) is 11.3 Å². The molecule has 4 rings (SSSR count). The number of amides is 1. The topological polar surface area (TPSA) is 88.5 Å². The van der Waals surface area contributed by atoms with E-state index in [9.17, 15) is 9.59 Å². The van der Waals surface area contributed by atoms with Crippen LogP contribution in [-0.2, 0) is 4.74 Å². The number of nitrogens with one attached hydrogen (secondary N) is 1. The predicted octanol–water partition coefficient (Wildman–Crippen LogP) is 4.12. The van der Waals surface area contributed by atoms with E-state index in [2.05, 4.69) is 46.4 Å². The van der Waals surface area contributed by atoms with E-state index in [1.807, 2.05) is 24.3 Å². The molecule has 0 fully saturated rings. The molecule has 1 amide bonds. The Hall–Kier alpha value is -3.63. The van der Waals surface area contributed by atoms with Crippen LogP contribution in [0.1, 0.15) is 39.0 Å². The Morgan fingerprint density at radius 1 is 1.10 bits per heavy atom. The van der Waals surface area contributed by atoms with E-state index in [1.165, 1.54) is 39.0 Å². The highest BCUT2D eigenvalue weighted by Crippen LogP contribution is 2.44. The van der Waals surface area contributed by atoms with Gasteiger partial charge in [-0.2, -0.15) is 0 Å². The van der Waals surface area contributed by atoms with Crippen molar-refractivity contribution in [2.75, 3.05) is 13.2 Å². The summed E-state index contributed by atoms with van der Waals surface area (Å²) in [5, 5.41) is 13.4. The van der Waals surface area contributed by atoms with E-state index in [0.29, 0.717) is 18.0 Å². The average molecular weight is 418 g/mol. The number of carboxylic acids is 1. The molecule has 0 saturated carbocycles. The normalized spacial score (nSPS) is 11.7. The summed E-state index contributed by atoms with van der Waals surface area (Å²) in [6.07, 6.45) is -0.0762. The molecule has 0 bridgehead atoms. The van der Waals surface area contributed by atoms with Crippen molar-refractivity contribution >= 4 is 23.4 Å². The standard InChI is InChI=1S/C23H18N2O4S/c26-22(27)20-14-30-21(25-20)11-5-6-12-24-23(28)29-13-19-17-9-3-1-7-15(17)16-8-2-4-10-18(16)19/h1-4,7-10,14,19H,6,12-13H2,(H,24,28)(H,26,27). The summed E-state index contributed by atoms with van der Waals surface area (Å²) in [6, 6.07) is 16.4. The number of hydrogen-bond donors (Lipinski definition) is 2. The lowest BCUT2D eigenvalue weighted by atomic mass is 9.98. The van der Waals surface area contributed by atoms with Gasteiger partial charge in [-0.25, -0.2) is 14.6 Å². The van der Waals surface area contributed by atoms with Gasteiger partial charge in [-0.1, -0.05) is 54.5 Å². The fourth-order valence-corrected chi connectivity index (χ4v) is 4.10. The predicted molar refractivity (Wildman–Crippen MR) is 114 cm³/mol. The highest BCUT2D eigenvalue weighted by atomic mass is 32.1. The van der Waals surface area contributed by atoms with Gasteiger partial charge in [0.25, 0.3) is 0 Å². The Morgan fingerprint density at radius 2 is 1.77 bits per heavy atom. The first-order valence-corrected chi connectivity index (χ1v) is 10.3. The Kier molecular flexibility index (Phi) is 5.77. The molecule has 1 aromatic heterocycles. The third-order valence-corrected chi connectivity index (χ3v) is 5.54. The first-order valence-electron chi connectivity index (χ1n) is 9.40. The van der Waals surface area contributed by atoms with E-state index in [0.717, 1.165) is 0 Å². The number of thiazole rings is 1. The van der Waals surface area contributed by atoms with Crippen LogP contribution in [0.2, 0.25) is 0 Å². The third kappa shape index (κ3) is 4.19. The number of rotatable bonds is 5. The van der Waals surface area contributed by atoms with E-state index < -0.39 is 12.1 Å². The number of carbonyl (C=O) groups excluding carboxylic acids is 1. The fraction of sp³-hybridized carbons (Fsp3) is 0.174. The molecule has 2 aromatic carbocycles. The van der Waals surface area contributed by atoms with Gasteiger partial charge >= 0.3 is 12.1 Å². The minimum atomic E-state index is -1.07. The number of fused-ring (bicyclic) bond motifs is 3. The molecule has 1 heterocycles. The van der Waals surface area contributed by atoms with Gasteiger partial charge in [0.05, 0.1) is 0 Å². The van der Waals surface area contributed by atoms with Gasteiger partial charge < -0.3 is 15.2 Å². The van der Waals surface area contributed by atoms with E-state index in [-0.39, 0.29) is 18.2 Å². The second-order valence-electron chi connectivity index (χ2n) is 6.65. The van der Waals surface area contributed by atoms with Crippen LogP contribution in [0.25, 0.3) is 11.1 Å². The number of carboxylic acid groups (broad SMARTS) is 1. The Labute approximate surface area is 177 Å². The van der Waals surface area contributed by atoms with Gasteiger partial charge in [0, 0.05) is 24.3 Å². The molecule has 0 saturated heterocycles. The molecule has 3 aromatic rings. The lowest BCUT2D eigenvalue weighted by Gasteiger charge is -2.14. The van der Waals surface area contributed by atoms with Gasteiger partial charge in [0.1, 0.15) is 6.61 Å². The number of benzene rings is 2. The molecule has 1 aliphatic carbocycles. The first-order chi connectivity index (χ1) is 14.6. The SMILES string of the molecule is O=C(NCCC#Cc1nc(C(=O)O)cs1)OCC1c2ccccc2-c2ccccc21. The van der Waals surface area contributed by atoms with Crippen molar-refractivity contribution < 1.29 is 19.4 Å². The number of carbonyl (C=O) groups is 2. The monoisotopic (exact) mass is 418 g/mol. The fourth-order valence-electron chi connectivity index (χ4n) is 3.44. The molecular formula is C23H18N2O4S. The van der Waals surface area contributed by atoms with Crippen molar-refractivity contribution in [2.24, 2.45) is 0 Å². The van der Waals surface area contributed by atoms with Gasteiger partial charge in [-0.05, 0) is 28.2 Å². The van der Waals surface area contributed by atoms with Crippen LogP contribution in [0.4, 0.5) is 4.79 Å². The zero-order chi connectivity index (χ0) is 20.9. The minimum absolute atomic E-state index is 0.0129. The molecule has 2 N–H and O–H groups in total. The summed E-state index contributed by atoms with van der Waals surface area (Å²) in [7, 11) is 0. The number of hydrogen-bond acceptors (Lipinski definition) is 5. The molecule has 0 unspecified atom stereocenters. The Bertz CT molecular complexity index is 1110. The molecule has 7 heteroatoms. The Balaban J connectivity index is 1.28. The number of aromatic carboxylic acids is 1. The molecule has 1 aliphatic rings. The second-order valence-corrected chi connectivity index (χ2v) is 7.51. The number of alkyl carbamates (subject to hydrolysis) is 1. The third-order valence-electron chi connectivity index (χ3n) is 4.78. The molecule has 0 atom stereocenters. The maximum atomic E-state index is 12.1. The van der Waals surface area contributed by atoms with Gasteiger partial charge in [-0.3, -0.25) is 0 Å². The van der Waals surface area contributed by atoms with Crippen molar-refractivity contribution in [1.29, 1.82) is 0 Å². The number of nitrogens with zero attached hydrogens (tertiary/aromatic N) is 1. The Morgan fingerprint density at radius 3 is 2.40 bits per heavy atom. The zero-order valence-electron chi connectivity index (χ0n) is 15.9. The summed E-state index contributed by atoms with van der Waals surface area (Å²) in [5.74, 6) is 4.61. The molecule has 6 nitrogen and oxygen atoms in total. The average Bonchev–Trinajstić information content (AvgIpc) is 3.35. The zero-order valence-corrected chi connectivity index (χ0v) is 16.7. The quantitative estimate of drug-likeness (QED) is 0.481. The second kappa shape index (κ2) is 8.80. The van der Waals surface area contributed by atoms with Crippen LogP contribution < -0.4 is 5.32 Å². The minimum Gasteiger partial charge on any atom is -0.476 e. The summed E-state index contributed by atoms with van der Waals surface area (Å²) in [5.41, 5.74) is 4.69. The molecule has 150 valence electrons. The van der Waals surface area contributed by atoms with Crippen LogP contribution in [0.15, 0.2) is 53.9 Å². The summed E-state index contributed by atoms with van der Waals surface area (Å²) in [4.78, 5) is 26.8. The summed E-state index contributed by atoms with van der Waals surface area (Å²) in [6.45, 7) is 0.601.